The lowest BCUT2D eigenvalue weighted by molar-refractivity contribution is -0.122. The van der Waals surface area contributed by atoms with Crippen LogP contribution in [0, 0.1) is 0 Å². The molecule has 0 radical (unpaired) electrons. The minimum absolute atomic E-state index is 0.0584. The Labute approximate surface area is 169 Å². The first-order valence-corrected chi connectivity index (χ1v) is 10.6. The number of furan rings is 1. The molecule has 1 amide bonds. The van der Waals surface area contributed by atoms with Crippen molar-refractivity contribution in [2.75, 3.05) is 5.32 Å². The number of hydrogen-bond acceptors (Lipinski definition) is 5. The average molecular weight is 414 g/mol. The molecule has 0 fully saturated rings. The molecule has 8 heteroatoms. The maximum Gasteiger partial charge on any atom is 0.265 e. The van der Waals surface area contributed by atoms with E-state index < -0.39 is 16.1 Å². The zero-order valence-corrected chi connectivity index (χ0v) is 16.7. The van der Waals surface area contributed by atoms with Gasteiger partial charge in [0.2, 0.25) is 10.0 Å². The van der Waals surface area contributed by atoms with Crippen LogP contribution in [0.15, 0.2) is 82.3 Å². The molecule has 1 aromatic heterocycles. The van der Waals surface area contributed by atoms with E-state index in [1.165, 1.54) is 30.5 Å². The van der Waals surface area contributed by atoms with Crippen molar-refractivity contribution in [1.29, 1.82) is 0 Å². The number of benzene rings is 2. The van der Waals surface area contributed by atoms with Gasteiger partial charge in [0.05, 0.1) is 17.7 Å². The number of ether oxygens (including phenoxy) is 1. The van der Waals surface area contributed by atoms with Gasteiger partial charge in [-0.25, -0.2) is 13.1 Å². The summed E-state index contributed by atoms with van der Waals surface area (Å²) in [7, 11) is -3.69. The van der Waals surface area contributed by atoms with Gasteiger partial charge in [-0.05, 0) is 55.0 Å². The number of amides is 1. The molecule has 29 heavy (non-hydrogen) atoms. The SMILES string of the molecule is CCC(Oc1ccccc1)C(=O)Nc1ccc(S(=O)(=O)NCc2ccco2)cc1. The van der Waals surface area contributed by atoms with Crippen LogP contribution in [0.25, 0.3) is 0 Å². The molecule has 0 saturated carbocycles. The number of nitrogens with one attached hydrogen (secondary N) is 2. The second-order valence-corrected chi connectivity index (χ2v) is 8.01. The van der Waals surface area contributed by atoms with Crippen molar-refractivity contribution in [2.24, 2.45) is 0 Å². The molecule has 0 bridgehead atoms. The summed E-state index contributed by atoms with van der Waals surface area (Å²) in [6.45, 7) is 1.91. The highest BCUT2D eigenvalue weighted by Crippen LogP contribution is 2.17. The van der Waals surface area contributed by atoms with Crippen LogP contribution >= 0.6 is 0 Å². The van der Waals surface area contributed by atoms with Crippen LogP contribution < -0.4 is 14.8 Å². The fourth-order valence-corrected chi connectivity index (χ4v) is 3.58. The molecule has 1 heterocycles. The number of anilines is 1. The molecule has 1 atom stereocenters. The van der Waals surface area contributed by atoms with Crippen molar-refractivity contribution >= 4 is 21.6 Å². The maximum atomic E-state index is 12.5. The Morgan fingerprint density at radius 3 is 2.38 bits per heavy atom. The Hall–Kier alpha value is -3.10. The summed E-state index contributed by atoms with van der Waals surface area (Å²) < 4.78 is 38.0. The molecular formula is C21H22N2O5S. The number of carbonyl (C=O) groups is 1. The van der Waals surface area contributed by atoms with Gasteiger partial charge in [-0.15, -0.1) is 0 Å². The summed E-state index contributed by atoms with van der Waals surface area (Å²) in [4.78, 5) is 12.6. The van der Waals surface area contributed by atoms with Gasteiger partial charge in [0.1, 0.15) is 11.5 Å². The van der Waals surface area contributed by atoms with Crippen LogP contribution in [0.4, 0.5) is 5.69 Å². The van der Waals surface area contributed by atoms with Crippen molar-refractivity contribution in [3.05, 3.63) is 78.8 Å². The molecule has 3 rings (SSSR count). The first-order chi connectivity index (χ1) is 14.0. The highest BCUT2D eigenvalue weighted by Gasteiger charge is 2.19. The Morgan fingerprint density at radius 1 is 1.03 bits per heavy atom. The van der Waals surface area contributed by atoms with E-state index in [1.807, 2.05) is 25.1 Å². The van der Waals surface area contributed by atoms with Gasteiger partial charge in [-0.2, -0.15) is 0 Å². The van der Waals surface area contributed by atoms with Gasteiger partial charge in [-0.3, -0.25) is 4.79 Å². The summed E-state index contributed by atoms with van der Waals surface area (Å²) in [6.07, 6.45) is 1.31. The van der Waals surface area contributed by atoms with E-state index in [-0.39, 0.29) is 17.3 Å². The Kier molecular flexibility index (Phi) is 6.69. The fraction of sp³-hybridized carbons (Fsp3) is 0.190. The first kappa shape index (κ1) is 20.6. The molecule has 0 saturated heterocycles. The molecule has 2 N–H and O–H groups in total. The second kappa shape index (κ2) is 9.40. The Bertz CT molecular complexity index is 1020. The van der Waals surface area contributed by atoms with Gasteiger partial charge in [-0.1, -0.05) is 25.1 Å². The molecule has 3 aromatic rings. The van der Waals surface area contributed by atoms with Gasteiger partial charge >= 0.3 is 0 Å². The monoisotopic (exact) mass is 414 g/mol. The summed E-state index contributed by atoms with van der Waals surface area (Å²) in [5, 5.41) is 2.75. The number of hydrogen-bond donors (Lipinski definition) is 2. The highest BCUT2D eigenvalue weighted by molar-refractivity contribution is 7.89. The van der Waals surface area contributed by atoms with Crippen LogP contribution in [0.5, 0.6) is 5.75 Å². The molecule has 152 valence electrons. The van der Waals surface area contributed by atoms with Crippen molar-refractivity contribution in [2.45, 2.75) is 30.9 Å². The standard InChI is InChI=1S/C21H22N2O5S/c1-2-20(28-17-7-4-3-5-8-17)21(24)23-16-10-12-19(13-11-16)29(25,26)22-15-18-9-6-14-27-18/h3-14,20,22H,2,15H2,1H3,(H,23,24). The fourth-order valence-electron chi connectivity index (χ4n) is 2.59. The van der Waals surface area contributed by atoms with E-state index >= 15 is 0 Å². The lowest BCUT2D eigenvalue weighted by Gasteiger charge is -2.17. The quantitative estimate of drug-likeness (QED) is 0.558. The predicted octanol–water partition coefficient (Wildman–Crippen LogP) is 3.55. The molecule has 0 aliphatic rings. The van der Waals surface area contributed by atoms with E-state index in [1.54, 1.807) is 24.3 Å². The summed E-state index contributed by atoms with van der Waals surface area (Å²) in [5.74, 6) is 0.822. The number of carbonyl (C=O) groups excluding carboxylic acids is 1. The van der Waals surface area contributed by atoms with Gasteiger partial charge in [0.15, 0.2) is 6.10 Å². The highest BCUT2D eigenvalue weighted by atomic mass is 32.2. The largest absolute Gasteiger partial charge is 0.481 e. The third-order valence-corrected chi connectivity index (χ3v) is 5.55. The van der Waals surface area contributed by atoms with E-state index in [4.69, 9.17) is 9.15 Å². The average Bonchev–Trinajstić information content (AvgIpc) is 3.25. The van der Waals surface area contributed by atoms with Crippen LogP contribution in [-0.2, 0) is 21.4 Å². The lowest BCUT2D eigenvalue weighted by atomic mass is 10.2. The molecule has 0 aliphatic heterocycles. The molecule has 2 aromatic carbocycles. The zero-order chi connectivity index (χ0) is 20.7. The number of sulfonamides is 1. The zero-order valence-electron chi connectivity index (χ0n) is 15.9. The van der Waals surface area contributed by atoms with Crippen molar-refractivity contribution in [3.63, 3.8) is 0 Å². The third-order valence-electron chi connectivity index (χ3n) is 4.13. The minimum atomic E-state index is -3.69. The van der Waals surface area contributed by atoms with Crippen molar-refractivity contribution in [3.8, 4) is 5.75 Å². The van der Waals surface area contributed by atoms with Crippen LogP contribution in [-0.4, -0.2) is 20.4 Å². The Balaban J connectivity index is 1.61. The van der Waals surface area contributed by atoms with E-state index in [0.717, 1.165) is 0 Å². The van der Waals surface area contributed by atoms with Crippen molar-refractivity contribution < 1.29 is 22.4 Å². The van der Waals surface area contributed by atoms with Gasteiger partial charge in [0, 0.05) is 5.69 Å². The topological polar surface area (TPSA) is 97.6 Å². The van der Waals surface area contributed by atoms with E-state index in [9.17, 15) is 13.2 Å². The molecule has 7 nitrogen and oxygen atoms in total. The lowest BCUT2D eigenvalue weighted by Crippen LogP contribution is -2.32. The van der Waals surface area contributed by atoms with Gasteiger partial charge in [0.25, 0.3) is 5.91 Å². The second-order valence-electron chi connectivity index (χ2n) is 6.25. The Morgan fingerprint density at radius 2 is 1.76 bits per heavy atom. The van der Waals surface area contributed by atoms with Gasteiger partial charge < -0.3 is 14.5 Å². The minimum Gasteiger partial charge on any atom is -0.481 e. The van der Waals surface area contributed by atoms with Crippen molar-refractivity contribution in [1.82, 2.24) is 4.72 Å². The maximum absolute atomic E-state index is 12.5. The summed E-state index contributed by atoms with van der Waals surface area (Å²) in [5.41, 5.74) is 0.482. The van der Waals surface area contributed by atoms with Crippen LogP contribution in [0.1, 0.15) is 19.1 Å². The molecule has 0 spiro atoms. The first-order valence-electron chi connectivity index (χ1n) is 9.12. The van der Waals surface area contributed by atoms with Crippen LogP contribution in [0.2, 0.25) is 0 Å². The normalized spacial score (nSPS) is 12.3. The van der Waals surface area contributed by atoms with E-state index in [2.05, 4.69) is 10.0 Å². The number of para-hydroxylation sites is 1. The van der Waals surface area contributed by atoms with E-state index in [0.29, 0.717) is 23.6 Å². The molecular weight excluding hydrogens is 392 g/mol. The predicted molar refractivity (Wildman–Crippen MR) is 109 cm³/mol. The molecule has 1 unspecified atom stereocenters. The smallest absolute Gasteiger partial charge is 0.265 e. The van der Waals surface area contributed by atoms with Crippen LogP contribution in [0.3, 0.4) is 0 Å². The number of rotatable bonds is 9. The summed E-state index contributed by atoms with van der Waals surface area (Å²) in [6, 6.07) is 18.4. The summed E-state index contributed by atoms with van der Waals surface area (Å²) >= 11 is 0. The third kappa shape index (κ3) is 5.69. The molecule has 0 aliphatic carbocycles.